The van der Waals surface area contributed by atoms with Gasteiger partial charge >= 0.3 is 5.97 Å². The summed E-state index contributed by atoms with van der Waals surface area (Å²) < 4.78 is 12.7. The third-order valence-corrected chi connectivity index (χ3v) is 8.37. The van der Waals surface area contributed by atoms with Gasteiger partial charge in [-0.2, -0.15) is 0 Å². The third-order valence-electron chi connectivity index (χ3n) is 7.39. The number of carbonyl (C=O) groups excluding carboxylic acids is 2. The van der Waals surface area contributed by atoms with Crippen LogP contribution in [0.25, 0.3) is 6.08 Å². The number of amides is 1. The van der Waals surface area contributed by atoms with Crippen LogP contribution < -0.4 is 29.7 Å². The zero-order valence-electron chi connectivity index (χ0n) is 25.1. The number of non-ortho nitro benzene ring substituents is 1. The average Bonchev–Trinajstić information content (AvgIpc) is 3.38. The van der Waals surface area contributed by atoms with Gasteiger partial charge < -0.3 is 14.8 Å². The Labute approximate surface area is 271 Å². The number of methoxy groups -OCH3 is 1. The first kappa shape index (κ1) is 30.9. The highest BCUT2D eigenvalue weighted by Gasteiger charge is 2.32. The summed E-state index contributed by atoms with van der Waals surface area (Å²) in [5.41, 5.74) is 2.25. The maximum Gasteiger partial charge on any atom is 0.343 e. The van der Waals surface area contributed by atoms with Crippen molar-refractivity contribution in [3.63, 3.8) is 0 Å². The highest BCUT2D eigenvalue weighted by molar-refractivity contribution is 7.07. The van der Waals surface area contributed by atoms with E-state index in [1.807, 2.05) is 24.3 Å². The van der Waals surface area contributed by atoms with E-state index in [1.165, 1.54) is 34.1 Å². The standard InChI is InChI=1S/C35H26N4O7S/c1-21-30(32(40)37-25-10-4-3-5-11-25)31(23-8-7-13-28(20-23)45-2)38-33(41)29(47-35(38)36-21)18-22-14-16-27(17-15-22)46-34(42)24-9-6-12-26(19-24)39(43)44/h3-20,31H,1-2H3,(H,37,40)/b29-18-/t31-/m0/s1. The van der Waals surface area contributed by atoms with E-state index >= 15 is 0 Å². The first-order chi connectivity index (χ1) is 22.7. The second kappa shape index (κ2) is 13.1. The van der Waals surface area contributed by atoms with Crippen molar-refractivity contribution in [3.05, 3.63) is 161 Å². The van der Waals surface area contributed by atoms with Crippen molar-refractivity contribution in [2.75, 3.05) is 12.4 Å². The van der Waals surface area contributed by atoms with E-state index in [0.29, 0.717) is 43.2 Å². The lowest BCUT2D eigenvalue weighted by atomic mass is 9.95. The summed E-state index contributed by atoms with van der Waals surface area (Å²) in [7, 11) is 1.55. The summed E-state index contributed by atoms with van der Waals surface area (Å²) in [5.74, 6) is -0.319. The Bertz CT molecular complexity index is 2240. The second-order valence-corrected chi connectivity index (χ2v) is 11.5. The van der Waals surface area contributed by atoms with Crippen molar-refractivity contribution in [1.82, 2.24) is 4.57 Å². The summed E-state index contributed by atoms with van der Waals surface area (Å²) >= 11 is 1.19. The van der Waals surface area contributed by atoms with Gasteiger partial charge in [-0.05, 0) is 66.6 Å². The molecule has 5 aromatic rings. The molecule has 0 unspecified atom stereocenters. The molecule has 1 amide bonds. The molecule has 1 aromatic heterocycles. The fourth-order valence-corrected chi connectivity index (χ4v) is 6.20. The van der Waals surface area contributed by atoms with Crippen LogP contribution in [0, 0.1) is 10.1 Å². The number of rotatable bonds is 8. The van der Waals surface area contributed by atoms with Crippen molar-refractivity contribution in [1.29, 1.82) is 0 Å². The lowest BCUT2D eigenvalue weighted by molar-refractivity contribution is -0.384. The highest BCUT2D eigenvalue weighted by Crippen LogP contribution is 2.32. The summed E-state index contributed by atoms with van der Waals surface area (Å²) in [6.45, 7) is 1.75. The third kappa shape index (κ3) is 6.49. The van der Waals surface area contributed by atoms with Crippen LogP contribution in [-0.2, 0) is 4.79 Å². The van der Waals surface area contributed by atoms with E-state index in [1.54, 1.807) is 74.7 Å². The number of nitro benzene ring substituents is 1. The number of allylic oxidation sites excluding steroid dienone is 1. The fraction of sp³-hybridized carbons (Fsp3) is 0.0857. The highest BCUT2D eigenvalue weighted by atomic mass is 32.1. The molecule has 1 atom stereocenters. The largest absolute Gasteiger partial charge is 0.497 e. The van der Waals surface area contributed by atoms with Crippen LogP contribution in [0.1, 0.15) is 34.5 Å². The SMILES string of the molecule is COc1cccc([C@H]2C(C(=O)Nc3ccccc3)=C(C)N=c3s/c(=C\c4ccc(OC(=O)c5cccc([N+](=O)[O-])c5)cc4)c(=O)n32)c1. The maximum absolute atomic E-state index is 14.0. The molecule has 0 radical (unpaired) electrons. The van der Waals surface area contributed by atoms with Crippen LogP contribution in [0.3, 0.4) is 0 Å². The molecule has 1 aliphatic heterocycles. The Kier molecular flexibility index (Phi) is 8.58. The van der Waals surface area contributed by atoms with Crippen LogP contribution in [0.2, 0.25) is 0 Å². The Balaban J connectivity index is 1.34. The van der Waals surface area contributed by atoms with Crippen molar-refractivity contribution in [2.45, 2.75) is 13.0 Å². The molecule has 1 N–H and O–H groups in total. The van der Waals surface area contributed by atoms with Crippen LogP contribution >= 0.6 is 11.3 Å². The lowest BCUT2D eigenvalue weighted by Crippen LogP contribution is -2.40. The predicted molar refractivity (Wildman–Crippen MR) is 176 cm³/mol. The van der Waals surface area contributed by atoms with Gasteiger partial charge in [0, 0.05) is 17.8 Å². The summed E-state index contributed by atoms with van der Waals surface area (Å²) in [5, 5.41) is 14.0. The number of nitrogens with zero attached hydrogens (tertiary/aromatic N) is 3. The topological polar surface area (TPSA) is 142 Å². The van der Waals surface area contributed by atoms with E-state index in [4.69, 9.17) is 9.47 Å². The smallest absolute Gasteiger partial charge is 0.343 e. The van der Waals surface area contributed by atoms with Gasteiger partial charge in [-0.1, -0.05) is 59.9 Å². The second-order valence-electron chi connectivity index (χ2n) is 10.4. The minimum Gasteiger partial charge on any atom is -0.497 e. The number of para-hydroxylation sites is 1. The molecular weight excluding hydrogens is 620 g/mol. The number of aromatic nitrogens is 1. The Morgan fingerprint density at radius 3 is 2.43 bits per heavy atom. The predicted octanol–water partition coefficient (Wildman–Crippen LogP) is 5.01. The van der Waals surface area contributed by atoms with Gasteiger partial charge in [0.2, 0.25) is 0 Å². The summed E-state index contributed by atoms with van der Waals surface area (Å²) in [6.07, 6.45) is 1.70. The van der Waals surface area contributed by atoms with Gasteiger partial charge in [0.1, 0.15) is 11.5 Å². The molecule has 0 spiro atoms. The Hall–Kier alpha value is -6.14. The number of ether oxygens (including phenoxy) is 2. The van der Waals surface area contributed by atoms with Crippen molar-refractivity contribution in [2.24, 2.45) is 4.99 Å². The summed E-state index contributed by atoms with van der Waals surface area (Å²) in [6, 6.07) is 27.3. The number of thiazole rings is 1. The number of carbonyl (C=O) groups is 2. The number of nitro groups is 1. The molecule has 4 aromatic carbocycles. The maximum atomic E-state index is 14.0. The normalized spacial score (nSPS) is 14.2. The molecular formula is C35H26N4O7S. The Morgan fingerprint density at radius 1 is 0.957 bits per heavy atom. The monoisotopic (exact) mass is 646 g/mol. The molecule has 0 bridgehead atoms. The van der Waals surface area contributed by atoms with Crippen molar-refractivity contribution >= 4 is 40.7 Å². The van der Waals surface area contributed by atoms with Crippen molar-refractivity contribution in [3.8, 4) is 11.5 Å². The molecule has 6 rings (SSSR count). The molecule has 0 fully saturated rings. The van der Waals surface area contributed by atoms with Crippen LogP contribution in [-0.4, -0.2) is 28.5 Å². The number of nitrogens with one attached hydrogen (secondary N) is 1. The first-order valence-corrected chi connectivity index (χ1v) is 15.1. The molecule has 11 nitrogen and oxygen atoms in total. The van der Waals surface area contributed by atoms with Gasteiger partial charge in [0.25, 0.3) is 17.2 Å². The molecule has 2 heterocycles. The van der Waals surface area contributed by atoms with E-state index in [9.17, 15) is 24.5 Å². The number of hydrogen-bond donors (Lipinski definition) is 1. The fourth-order valence-electron chi connectivity index (χ4n) is 5.15. The quantitative estimate of drug-likeness (QED) is 0.108. The van der Waals surface area contributed by atoms with Crippen molar-refractivity contribution < 1.29 is 24.0 Å². The van der Waals surface area contributed by atoms with Gasteiger partial charge in [-0.25, -0.2) is 9.79 Å². The number of hydrogen-bond acceptors (Lipinski definition) is 9. The van der Waals surface area contributed by atoms with Crippen LogP contribution in [0.5, 0.6) is 11.5 Å². The molecule has 234 valence electrons. The lowest BCUT2D eigenvalue weighted by Gasteiger charge is -2.25. The minimum atomic E-state index is -0.775. The molecule has 47 heavy (non-hydrogen) atoms. The Morgan fingerprint density at radius 2 is 1.70 bits per heavy atom. The van der Waals surface area contributed by atoms with Crippen LogP contribution in [0.15, 0.2) is 124 Å². The van der Waals surface area contributed by atoms with E-state index in [2.05, 4.69) is 10.3 Å². The van der Waals surface area contributed by atoms with Gasteiger partial charge in [0.15, 0.2) is 4.80 Å². The number of anilines is 1. The van der Waals surface area contributed by atoms with E-state index in [-0.39, 0.29) is 28.5 Å². The number of benzene rings is 4. The number of fused-ring (bicyclic) bond motifs is 1. The molecule has 0 saturated carbocycles. The first-order valence-electron chi connectivity index (χ1n) is 14.3. The average molecular weight is 647 g/mol. The van der Waals surface area contributed by atoms with Gasteiger partial charge in [-0.15, -0.1) is 0 Å². The zero-order valence-corrected chi connectivity index (χ0v) is 25.9. The molecule has 0 saturated heterocycles. The molecule has 1 aliphatic rings. The number of esters is 1. The summed E-state index contributed by atoms with van der Waals surface area (Å²) in [4.78, 5) is 55.9. The zero-order chi connectivity index (χ0) is 33.1. The van der Waals surface area contributed by atoms with E-state index < -0.39 is 16.9 Å². The molecule has 0 aliphatic carbocycles. The van der Waals surface area contributed by atoms with Gasteiger partial charge in [-0.3, -0.25) is 24.3 Å². The van der Waals surface area contributed by atoms with E-state index in [0.717, 1.165) is 6.07 Å². The molecule has 12 heteroatoms. The van der Waals surface area contributed by atoms with Crippen LogP contribution in [0.4, 0.5) is 11.4 Å². The minimum absolute atomic E-state index is 0.0436. The van der Waals surface area contributed by atoms with Gasteiger partial charge in [0.05, 0.1) is 39.4 Å².